The third kappa shape index (κ3) is 5.41. The molecule has 0 aliphatic carbocycles. The Kier molecular flexibility index (Phi) is 6.60. The summed E-state index contributed by atoms with van der Waals surface area (Å²) in [5.74, 6) is 1.77. The van der Waals surface area contributed by atoms with Gasteiger partial charge in [-0.15, -0.1) is 11.8 Å². The number of amides is 1. The molecule has 140 valence electrons. The highest BCUT2D eigenvalue weighted by Crippen LogP contribution is 2.25. The average molecular weight is 381 g/mol. The van der Waals surface area contributed by atoms with Crippen LogP contribution in [0.15, 0.2) is 76.2 Å². The molecule has 1 amide bonds. The number of nitrogens with zero attached hydrogens (tertiary/aromatic N) is 1. The number of hydrogen-bond acceptors (Lipinski definition) is 4. The topological polar surface area (TPSA) is 42.7 Å². The predicted molar refractivity (Wildman–Crippen MR) is 108 cm³/mol. The van der Waals surface area contributed by atoms with Crippen molar-refractivity contribution >= 4 is 17.7 Å². The van der Waals surface area contributed by atoms with E-state index in [0.717, 1.165) is 16.2 Å². The van der Waals surface area contributed by atoms with Gasteiger partial charge in [-0.3, -0.25) is 4.79 Å². The standard InChI is InChI=1S/C22H23NO3S/c1-17-8-10-19(11-9-17)25-15-13-23(2)22(24)21-18(12-14-26-21)16-27-20-6-4-3-5-7-20/h3-12,14H,13,15-16H2,1-2H3. The molecule has 0 spiro atoms. The minimum Gasteiger partial charge on any atom is -0.492 e. The third-order valence-electron chi connectivity index (χ3n) is 4.14. The smallest absolute Gasteiger partial charge is 0.289 e. The van der Waals surface area contributed by atoms with Crippen LogP contribution < -0.4 is 4.74 Å². The molecular weight excluding hydrogens is 358 g/mol. The van der Waals surface area contributed by atoms with E-state index in [-0.39, 0.29) is 5.91 Å². The van der Waals surface area contributed by atoms with Gasteiger partial charge in [0.05, 0.1) is 12.8 Å². The van der Waals surface area contributed by atoms with E-state index in [4.69, 9.17) is 9.15 Å². The van der Waals surface area contributed by atoms with Crippen molar-refractivity contribution in [2.24, 2.45) is 0 Å². The lowest BCUT2D eigenvalue weighted by Gasteiger charge is -2.17. The largest absolute Gasteiger partial charge is 0.492 e. The SMILES string of the molecule is Cc1ccc(OCCN(C)C(=O)c2occc2CSc2ccccc2)cc1. The van der Waals surface area contributed by atoms with Crippen LogP contribution in [-0.2, 0) is 5.75 Å². The molecule has 0 saturated carbocycles. The second-order valence-corrected chi connectivity index (χ2v) is 7.31. The van der Waals surface area contributed by atoms with Gasteiger partial charge in [0, 0.05) is 23.3 Å². The van der Waals surface area contributed by atoms with Crippen molar-refractivity contribution in [1.29, 1.82) is 0 Å². The first-order chi connectivity index (χ1) is 13.1. The maximum atomic E-state index is 12.7. The third-order valence-corrected chi connectivity index (χ3v) is 5.20. The number of furan rings is 1. The first-order valence-electron chi connectivity index (χ1n) is 8.82. The number of ether oxygens (including phenoxy) is 1. The Bertz CT molecular complexity index is 859. The van der Waals surface area contributed by atoms with E-state index in [1.54, 1.807) is 30.0 Å². The Hall–Kier alpha value is -2.66. The highest BCUT2D eigenvalue weighted by atomic mass is 32.2. The maximum Gasteiger partial charge on any atom is 0.289 e. The fourth-order valence-corrected chi connectivity index (χ4v) is 3.42. The summed E-state index contributed by atoms with van der Waals surface area (Å²) in [6.45, 7) is 2.95. The van der Waals surface area contributed by atoms with Gasteiger partial charge >= 0.3 is 0 Å². The molecule has 3 rings (SSSR count). The van der Waals surface area contributed by atoms with Crippen LogP contribution in [0.25, 0.3) is 0 Å². The number of thioether (sulfide) groups is 1. The van der Waals surface area contributed by atoms with Crippen LogP contribution in [-0.4, -0.2) is 31.0 Å². The Labute approximate surface area is 164 Å². The van der Waals surface area contributed by atoms with Crippen molar-refractivity contribution in [2.75, 3.05) is 20.2 Å². The summed E-state index contributed by atoms with van der Waals surface area (Å²) in [5.41, 5.74) is 2.09. The monoisotopic (exact) mass is 381 g/mol. The molecule has 0 radical (unpaired) electrons. The molecule has 27 heavy (non-hydrogen) atoms. The van der Waals surface area contributed by atoms with E-state index in [9.17, 15) is 4.79 Å². The Morgan fingerprint density at radius 1 is 1.07 bits per heavy atom. The molecule has 5 heteroatoms. The molecule has 0 N–H and O–H groups in total. The van der Waals surface area contributed by atoms with E-state index in [0.29, 0.717) is 24.7 Å². The molecule has 0 bridgehead atoms. The molecule has 0 atom stereocenters. The molecule has 4 nitrogen and oxygen atoms in total. The summed E-state index contributed by atoms with van der Waals surface area (Å²) < 4.78 is 11.2. The van der Waals surface area contributed by atoms with Gasteiger partial charge in [0.15, 0.2) is 5.76 Å². The lowest BCUT2D eigenvalue weighted by molar-refractivity contribution is 0.0741. The first-order valence-corrected chi connectivity index (χ1v) is 9.81. The van der Waals surface area contributed by atoms with Crippen molar-refractivity contribution in [2.45, 2.75) is 17.6 Å². The van der Waals surface area contributed by atoms with Crippen molar-refractivity contribution < 1.29 is 13.9 Å². The van der Waals surface area contributed by atoms with Gasteiger partial charge < -0.3 is 14.1 Å². The van der Waals surface area contributed by atoms with Gasteiger partial charge in [0.25, 0.3) is 5.91 Å². The van der Waals surface area contributed by atoms with Gasteiger partial charge in [-0.1, -0.05) is 35.9 Å². The molecule has 3 aromatic rings. The lowest BCUT2D eigenvalue weighted by atomic mass is 10.2. The second-order valence-electron chi connectivity index (χ2n) is 6.26. The molecule has 0 aliphatic heterocycles. The normalized spacial score (nSPS) is 10.6. The summed E-state index contributed by atoms with van der Waals surface area (Å²) in [7, 11) is 1.76. The lowest BCUT2D eigenvalue weighted by Crippen LogP contribution is -2.31. The van der Waals surface area contributed by atoms with Gasteiger partial charge in [-0.05, 0) is 37.3 Å². The van der Waals surface area contributed by atoms with E-state index < -0.39 is 0 Å². The maximum absolute atomic E-state index is 12.7. The average Bonchev–Trinajstić information content (AvgIpc) is 3.16. The Morgan fingerprint density at radius 2 is 1.81 bits per heavy atom. The quantitative estimate of drug-likeness (QED) is 0.513. The zero-order valence-electron chi connectivity index (χ0n) is 15.6. The number of carbonyl (C=O) groups is 1. The number of carbonyl (C=O) groups excluding carboxylic acids is 1. The van der Waals surface area contributed by atoms with Gasteiger partial charge in [-0.25, -0.2) is 0 Å². The number of rotatable bonds is 8. The molecule has 1 heterocycles. The van der Waals surface area contributed by atoms with E-state index in [2.05, 4.69) is 12.1 Å². The van der Waals surface area contributed by atoms with Crippen LogP contribution >= 0.6 is 11.8 Å². The van der Waals surface area contributed by atoms with Crippen LogP contribution in [0, 0.1) is 6.92 Å². The fourth-order valence-electron chi connectivity index (χ4n) is 2.52. The first kappa shape index (κ1) is 19.1. The predicted octanol–water partition coefficient (Wildman–Crippen LogP) is 5.03. The van der Waals surface area contributed by atoms with Gasteiger partial charge in [0.1, 0.15) is 12.4 Å². The van der Waals surface area contributed by atoms with Crippen LogP contribution in [0.2, 0.25) is 0 Å². The minimum atomic E-state index is -0.129. The molecule has 2 aromatic carbocycles. The highest BCUT2D eigenvalue weighted by molar-refractivity contribution is 7.98. The van der Waals surface area contributed by atoms with Crippen LogP contribution in [0.5, 0.6) is 5.75 Å². The number of likely N-dealkylation sites (N-methyl/N-ethyl adjacent to an activating group) is 1. The molecule has 0 aliphatic rings. The number of aryl methyl sites for hydroxylation is 1. The zero-order chi connectivity index (χ0) is 19.1. The van der Waals surface area contributed by atoms with E-state index in [1.807, 2.05) is 55.5 Å². The highest BCUT2D eigenvalue weighted by Gasteiger charge is 2.19. The van der Waals surface area contributed by atoms with Crippen molar-refractivity contribution in [3.05, 3.63) is 83.8 Å². The van der Waals surface area contributed by atoms with Crippen LogP contribution in [0.1, 0.15) is 21.7 Å². The summed E-state index contributed by atoms with van der Waals surface area (Å²) in [6, 6.07) is 19.8. The van der Waals surface area contributed by atoms with Crippen LogP contribution in [0.4, 0.5) is 0 Å². The van der Waals surface area contributed by atoms with Gasteiger partial charge in [-0.2, -0.15) is 0 Å². The summed E-state index contributed by atoms with van der Waals surface area (Å²) >= 11 is 1.68. The summed E-state index contributed by atoms with van der Waals surface area (Å²) in [6.07, 6.45) is 1.57. The van der Waals surface area contributed by atoms with Crippen molar-refractivity contribution in [1.82, 2.24) is 4.90 Å². The summed E-state index contributed by atoms with van der Waals surface area (Å²) in [4.78, 5) is 15.5. The molecule has 0 fully saturated rings. The second kappa shape index (κ2) is 9.33. The van der Waals surface area contributed by atoms with Crippen molar-refractivity contribution in [3.63, 3.8) is 0 Å². The Balaban J connectivity index is 1.52. The molecule has 1 aromatic heterocycles. The Morgan fingerprint density at radius 3 is 2.56 bits per heavy atom. The number of hydrogen-bond donors (Lipinski definition) is 0. The fraction of sp³-hybridized carbons (Fsp3) is 0.227. The zero-order valence-corrected chi connectivity index (χ0v) is 16.4. The number of benzene rings is 2. The minimum absolute atomic E-state index is 0.129. The van der Waals surface area contributed by atoms with Gasteiger partial charge in [0.2, 0.25) is 0 Å². The summed E-state index contributed by atoms with van der Waals surface area (Å²) in [5, 5.41) is 0. The van der Waals surface area contributed by atoms with Crippen molar-refractivity contribution in [3.8, 4) is 5.75 Å². The van der Waals surface area contributed by atoms with E-state index in [1.165, 1.54) is 5.56 Å². The molecule has 0 unspecified atom stereocenters. The molecule has 0 saturated heterocycles. The molecular formula is C22H23NO3S. The van der Waals surface area contributed by atoms with E-state index >= 15 is 0 Å². The van der Waals surface area contributed by atoms with Crippen LogP contribution in [0.3, 0.4) is 0 Å².